The molecule has 1 rings (SSSR count). The lowest BCUT2D eigenvalue weighted by molar-refractivity contribution is -0.125. The highest BCUT2D eigenvalue weighted by Gasteiger charge is 2.14. The number of hydrogen-bond donors (Lipinski definition) is 2. The van der Waals surface area contributed by atoms with Gasteiger partial charge in [-0.1, -0.05) is 23.7 Å². The van der Waals surface area contributed by atoms with Gasteiger partial charge in [0.1, 0.15) is 0 Å². The second kappa shape index (κ2) is 8.55. The molecule has 5 nitrogen and oxygen atoms in total. The van der Waals surface area contributed by atoms with Crippen LogP contribution in [0.2, 0.25) is 5.02 Å². The predicted octanol–water partition coefficient (Wildman–Crippen LogP) is 1.67. The largest absolute Gasteiger partial charge is 0.385 e. The summed E-state index contributed by atoms with van der Waals surface area (Å²) in [6.07, 6.45) is 0.643. The van der Waals surface area contributed by atoms with Crippen LogP contribution in [0.15, 0.2) is 24.3 Å². The summed E-state index contributed by atoms with van der Waals surface area (Å²) in [5.41, 5.74) is 0.947. The third-order valence-electron chi connectivity index (χ3n) is 2.72. The Morgan fingerprint density at radius 2 is 1.95 bits per heavy atom. The van der Waals surface area contributed by atoms with E-state index in [1.54, 1.807) is 19.2 Å². The molecule has 2 N–H and O–H groups in total. The van der Waals surface area contributed by atoms with Gasteiger partial charge in [0.25, 0.3) is 0 Å². The monoisotopic (exact) mass is 298 g/mol. The number of hydrogen-bond acceptors (Lipinski definition) is 3. The maximum Gasteiger partial charge on any atom is 0.239 e. The first-order valence-electron chi connectivity index (χ1n) is 6.31. The van der Waals surface area contributed by atoms with E-state index in [-0.39, 0.29) is 24.4 Å². The second-order valence-electron chi connectivity index (χ2n) is 4.36. The lowest BCUT2D eigenvalue weighted by Crippen LogP contribution is -2.38. The highest BCUT2D eigenvalue weighted by molar-refractivity contribution is 6.30. The minimum Gasteiger partial charge on any atom is -0.385 e. The lowest BCUT2D eigenvalue weighted by Gasteiger charge is -2.19. The van der Waals surface area contributed by atoms with E-state index in [0.29, 0.717) is 18.1 Å². The standard InChI is InChI=1S/C14H19ClN2O3/c1-10(18)16-9-14(19)17-13(7-8-20-2)11-3-5-12(15)6-4-11/h3-6,13H,7-9H2,1-2H3,(H,16,18)(H,17,19)/t13-/m0/s1. The molecule has 0 saturated heterocycles. The van der Waals surface area contributed by atoms with Crippen molar-refractivity contribution in [3.8, 4) is 0 Å². The Hall–Kier alpha value is -1.59. The van der Waals surface area contributed by atoms with Crippen molar-refractivity contribution >= 4 is 23.4 Å². The van der Waals surface area contributed by atoms with Crippen molar-refractivity contribution in [3.05, 3.63) is 34.9 Å². The van der Waals surface area contributed by atoms with Gasteiger partial charge < -0.3 is 15.4 Å². The van der Waals surface area contributed by atoms with Gasteiger partial charge in [0.15, 0.2) is 0 Å². The van der Waals surface area contributed by atoms with Crippen molar-refractivity contribution in [2.24, 2.45) is 0 Å². The van der Waals surface area contributed by atoms with E-state index in [1.165, 1.54) is 6.92 Å². The fourth-order valence-corrected chi connectivity index (χ4v) is 1.83. The van der Waals surface area contributed by atoms with E-state index in [1.807, 2.05) is 12.1 Å². The van der Waals surface area contributed by atoms with E-state index >= 15 is 0 Å². The van der Waals surface area contributed by atoms with Gasteiger partial charge in [-0.15, -0.1) is 0 Å². The summed E-state index contributed by atoms with van der Waals surface area (Å²) in [7, 11) is 1.61. The number of benzene rings is 1. The van der Waals surface area contributed by atoms with Gasteiger partial charge in [0.05, 0.1) is 12.6 Å². The zero-order chi connectivity index (χ0) is 15.0. The third-order valence-corrected chi connectivity index (χ3v) is 2.97. The number of carbonyl (C=O) groups is 2. The molecule has 20 heavy (non-hydrogen) atoms. The second-order valence-corrected chi connectivity index (χ2v) is 4.80. The molecule has 0 aromatic heterocycles. The summed E-state index contributed by atoms with van der Waals surface area (Å²) in [6.45, 7) is 1.86. The number of ether oxygens (including phenoxy) is 1. The van der Waals surface area contributed by atoms with Crippen LogP contribution in [0.4, 0.5) is 0 Å². The summed E-state index contributed by atoms with van der Waals surface area (Å²) >= 11 is 5.85. The minimum absolute atomic E-state index is 0.0353. The number of rotatable bonds is 7. The molecule has 0 radical (unpaired) electrons. The van der Waals surface area contributed by atoms with Crippen molar-refractivity contribution in [1.82, 2.24) is 10.6 Å². The van der Waals surface area contributed by atoms with E-state index < -0.39 is 0 Å². The zero-order valence-electron chi connectivity index (χ0n) is 11.6. The van der Waals surface area contributed by atoms with Gasteiger partial charge in [0, 0.05) is 25.7 Å². The first-order valence-corrected chi connectivity index (χ1v) is 6.69. The normalized spacial score (nSPS) is 11.8. The Morgan fingerprint density at radius 1 is 1.30 bits per heavy atom. The van der Waals surface area contributed by atoms with Crippen molar-refractivity contribution in [2.75, 3.05) is 20.3 Å². The fourth-order valence-electron chi connectivity index (χ4n) is 1.70. The Labute approximate surface area is 123 Å². The molecule has 110 valence electrons. The molecule has 1 atom stereocenters. The van der Waals surface area contributed by atoms with Gasteiger partial charge in [-0.3, -0.25) is 9.59 Å². The Bertz CT molecular complexity index is 448. The van der Waals surface area contributed by atoms with E-state index in [0.717, 1.165) is 5.56 Å². The predicted molar refractivity (Wildman–Crippen MR) is 77.5 cm³/mol. The molecule has 2 amide bonds. The van der Waals surface area contributed by atoms with Crippen LogP contribution >= 0.6 is 11.6 Å². The maximum absolute atomic E-state index is 11.8. The Kier molecular flexibility index (Phi) is 7.04. The van der Waals surface area contributed by atoms with Gasteiger partial charge in [0.2, 0.25) is 11.8 Å². The molecule has 1 aromatic carbocycles. The van der Waals surface area contributed by atoms with Crippen LogP contribution in [0.5, 0.6) is 0 Å². The molecule has 0 unspecified atom stereocenters. The summed E-state index contributed by atoms with van der Waals surface area (Å²) in [5, 5.41) is 5.97. The molecule has 6 heteroatoms. The van der Waals surface area contributed by atoms with Crippen molar-refractivity contribution in [2.45, 2.75) is 19.4 Å². The van der Waals surface area contributed by atoms with Crippen LogP contribution in [0.1, 0.15) is 24.9 Å². The highest BCUT2D eigenvalue weighted by atomic mass is 35.5. The summed E-state index contributed by atoms with van der Waals surface area (Å²) in [6, 6.07) is 7.10. The third kappa shape index (κ3) is 6.04. The molecule has 0 aliphatic carbocycles. The molecule has 0 aliphatic rings. The van der Waals surface area contributed by atoms with E-state index in [4.69, 9.17) is 16.3 Å². The molecule has 0 fully saturated rings. The number of nitrogens with one attached hydrogen (secondary N) is 2. The van der Waals surface area contributed by atoms with Crippen molar-refractivity contribution in [3.63, 3.8) is 0 Å². The molecule has 0 spiro atoms. The average molecular weight is 299 g/mol. The topological polar surface area (TPSA) is 67.4 Å². The summed E-state index contributed by atoms with van der Waals surface area (Å²) in [4.78, 5) is 22.6. The van der Waals surface area contributed by atoms with Crippen LogP contribution < -0.4 is 10.6 Å². The van der Waals surface area contributed by atoms with Crippen LogP contribution in [0.3, 0.4) is 0 Å². The van der Waals surface area contributed by atoms with Crippen LogP contribution in [-0.2, 0) is 14.3 Å². The zero-order valence-corrected chi connectivity index (χ0v) is 12.4. The number of methoxy groups -OCH3 is 1. The number of halogens is 1. The molecule has 0 saturated carbocycles. The SMILES string of the molecule is COCC[C@H](NC(=O)CNC(C)=O)c1ccc(Cl)cc1. The van der Waals surface area contributed by atoms with Crippen LogP contribution in [-0.4, -0.2) is 32.1 Å². The van der Waals surface area contributed by atoms with Gasteiger partial charge in [-0.05, 0) is 24.1 Å². The average Bonchev–Trinajstić information content (AvgIpc) is 2.42. The molecular weight excluding hydrogens is 280 g/mol. The van der Waals surface area contributed by atoms with Gasteiger partial charge in [-0.2, -0.15) is 0 Å². The van der Waals surface area contributed by atoms with E-state index in [2.05, 4.69) is 10.6 Å². The maximum atomic E-state index is 11.8. The van der Waals surface area contributed by atoms with E-state index in [9.17, 15) is 9.59 Å². The Morgan fingerprint density at radius 3 is 2.50 bits per heavy atom. The summed E-state index contributed by atoms with van der Waals surface area (Å²) < 4.78 is 5.05. The van der Waals surface area contributed by atoms with Crippen LogP contribution in [0.25, 0.3) is 0 Å². The summed E-state index contributed by atoms with van der Waals surface area (Å²) in [5.74, 6) is -0.476. The Balaban J connectivity index is 2.66. The molecular formula is C14H19ClN2O3. The first kappa shape index (κ1) is 16.5. The molecule has 0 bridgehead atoms. The van der Waals surface area contributed by atoms with Crippen LogP contribution in [0, 0.1) is 0 Å². The highest BCUT2D eigenvalue weighted by Crippen LogP contribution is 2.19. The molecule has 0 heterocycles. The number of amides is 2. The molecule has 1 aromatic rings. The molecule has 0 aliphatic heterocycles. The lowest BCUT2D eigenvalue weighted by atomic mass is 10.0. The smallest absolute Gasteiger partial charge is 0.239 e. The number of carbonyl (C=O) groups excluding carboxylic acids is 2. The fraction of sp³-hybridized carbons (Fsp3) is 0.429. The van der Waals surface area contributed by atoms with Crippen molar-refractivity contribution < 1.29 is 14.3 Å². The quantitative estimate of drug-likeness (QED) is 0.804. The minimum atomic E-state index is -0.240. The van der Waals surface area contributed by atoms with Gasteiger partial charge >= 0.3 is 0 Å². The van der Waals surface area contributed by atoms with Gasteiger partial charge in [-0.25, -0.2) is 0 Å². The van der Waals surface area contributed by atoms with Crippen molar-refractivity contribution in [1.29, 1.82) is 0 Å². The first-order chi connectivity index (χ1) is 9.52.